The SMILES string of the molecule is c1ccc(COC2[C@H]3CO[C@@H]2CO3)cc1. The lowest BCUT2D eigenvalue weighted by molar-refractivity contribution is -0.0376. The third-order valence-electron chi connectivity index (χ3n) is 2.97. The van der Waals surface area contributed by atoms with Crippen LogP contribution in [0.1, 0.15) is 5.56 Å². The van der Waals surface area contributed by atoms with E-state index in [1.165, 1.54) is 5.56 Å². The van der Waals surface area contributed by atoms with Gasteiger partial charge >= 0.3 is 0 Å². The van der Waals surface area contributed by atoms with Crippen LogP contribution in [0, 0.1) is 0 Å². The molecule has 0 spiro atoms. The second-order valence-corrected chi connectivity index (χ2v) is 4.00. The first-order chi connectivity index (χ1) is 7.43. The molecule has 2 aliphatic rings. The molecule has 3 heteroatoms. The van der Waals surface area contributed by atoms with E-state index in [-0.39, 0.29) is 18.3 Å². The summed E-state index contributed by atoms with van der Waals surface area (Å²) in [6.07, 6.45) is 0.433. The highest BCUT2D eigenvalue weighted by Gasteiger charge is 2.45. The van der Waals surface area contributed by atoms with Gasteiger partial charge in [-0.05, 0) is 5.56 Å². The number of ether oxygens (including phenoxy) is 3. The third-order valence-corrected chi connectivity index (χ3v) is 2.97. The smallest absolute Gasteiger partial charge is 0.115 e. The molecule has 0 aliphatic carbocycles. The fraction of sp³-hybridized carbons (Fsp3) is 0.500. The molecule has 2 atom stereocenters. The van der Waals surface area contributed by atoms with Gasteiger partial charge in [-0.1, -0.05) is 30.3 Å². The number of fused-ring (bicyclic) bond motifs is 2. The summed E-state index contributed by atoms with van der Waals surface area (Å²) in [4.78, 5) is 0. The number of rotatable bonds is 3. The molecule has 0 N–H and O–H groups in total. The maximum Gasteiger partial charge on any atom is 0.115 e. The van der Waals surface area contributed by atoms with Gasteiger partial charge < -0.3 is 14.2 Å². The van der Waals surface area contributed by atoms with Gasteiger partial charge in [0.05, 0.1) is 19.8 Å². The molecule has 2 heterocycles. The van der Waals surface area contributed by atoms with Crippen molar-refractivity contribution < 1.29 is 14.2 Å². The predicted molar refractivity (Wildman–Crippen MR) is 54.5 cm³/mol. The fourth-order valence-corrected chi connectivity index (χ4v) is 2.13. The molecule has 0 aromatic heterocycles. The molecule has 2 aliphatic heterocycles. The zero-order valence-corrected chi connectivity index (χ0v) is 8.46. The molecule has 0 saturated carbocycles. The first kappa shape index (κ1) is 9.33. The summed E-state index contributed by atoms with van der Waals surface area (Å²) >= 11 is 0. The van der Waals surface area contributed by atoms with Crippen molar-refractivity contribution in [2.45, 2.75) is 24.9 Å². The average molecular weight is 206 g/mol. The van der Waals surface area contributed by atoms with E-state index in [2.05, 4.69) is 12.1 Å². The van der Waals surface area contributed by atoms with Gasteiger partial charge in [-0.2, -0.15) is 0 Å². The topological polar surface area (TPSA) is 27.7 Å². The molecule has 3 nitrogen and oxygen atoms in total. The van der Waals surface area contributed by atoms with Crippen LogP contribution in [0.15, 0.2) is 30.3 Å². The maximum atomic E-state index is 5.83. The molecule has 2 fully saturated rings. The Balaban J connectivity index is 1.59. The summed E-state index contributed by atoms with van der Waals surface area (Å²) in [6.45, 7) is 2.01. The fourth-order valence-electron chi connectivity index (χ4n) is 2.13. The second-order valence-electron chi connectivity index (χ2n) is 4.00. The molecular weight excluding hydrogens is 192 g/mol. The van der Waals surface area contributed by atoms with Crippen LogP contribution < -0.4 is 0 Å². The van der Waals surface area contributed by atoms with Gasteiger partial charge in [0.2, 0.25) is 0 Å². The summed E-state index contributed by atoms with van der Waals surface area (Å²) in [5.41, 5.74) is 1.20. The van der Waals surface area contributed by atoms with Crippen LogP contribution in [-0.2, 0) is 20.8 Å². The Kier molecular flexibility index (Phi) is 2.44. The monoisotopic (exact) mass is 206 g/mol. The van der Waals surface area contributed by atoms with Gasteiger partial charge in [0.1, 0.15) is 18.3 Å². The highest BCUT2D eigenvalue weighted by atomic mass is 16.6. The normalized spacial score (nSPS) is 33.5. The summed E-state index contributed by atoms with van der Waals surface area (Å²) in [5.74, 6) is 0. The molecule has 0 amide bonds. The van der Waals surface area contributed by atoms with Crippen molar-refractivity contribution in [3.05, 3.63) is 35.9 Å². The quantitative estimate of drug-likeness (QED) is 0.747. The molecule has 0 unspecified atom stereocenters. The molecule has 2 bridgehead atoms. The molecule has 0 radical (unpaired) electrons. The summed E-state index contributed by atoms with van der Waals surface area (Å²) < 4.78 is 16.8. The van der Waals surface area contributed by atoms with Crippen LogP contribution in [0.5, 0.6) is 0 Å². The van der Waals surface area contributed by atoms with Crippen LogP contribution in [0.4, 0.5) is 0 Å². The van der Waals surface area contributed by atoms with Crippen molar-refractivity contribution in [2.24, 2.45) is 0 Å². The highest BCUT2D eigenvalue weighted by Crippen LogP contribution is 2.28. The Hall–Kier alpha value is -0.900. The van der Waals surface area contributed by atoms with Crippen LogP contribution in [0.2, 0.25) is 0 Å². The minimum Gasteiger partial charge on any atom is -0.370 e. The van der Waals surface area contributed by atoms with E-state index in [4.69, 9.17) is 14.2 Å². The predicted octanol–water partition coefficient (Wildman–Crippen LogP) is 1.37. The van der Waals surface area contributed by atoms with Crippen molar-refractivity contribution in [1.82, 2.24) is 0 Å². The second kappa shape index (κ2) is 3.93. The molecule has 1 aromatic carbocycles. The highest BCUT2D eigenvalue weighted by molar-refractivity contribution is 5.13. The van der Waals surface area contributed by atoms with Crippen LogP contribution in [0.3, 0.4) is 0 Å². The van der Waals surface area contributed by atoms with E-state index in [0.717, 1.165) is 0 Å². The van der Waals surface area contributed by atoms with E-state index in [1.54, 1.807) is 0 Å². The van der Waals surface area contributed by atoms with Crippen molar-refractivity contribution >= 4 is 0 Å². The number of hydrogen-bond acceptors (Lipinski definition) is 3. The van der Waals surface area contributed by atoms with Gasteiger partial charge in [0.25, 0.3) is 0 Å². The van der Waals surface area contributed by atoms with E-state index in [9.17, 15) is 0 Å². The zero-order valence-electron chi connectivity index (χ0n) is 8.46. The van der Waals surface area contributed by atoms with E-state index in [1.807, 2.05) is 18.2 Å². The number of benzene rings is 1. The first-order valence-corrected chi connectivity index (χ1v) is 5.32. The van der Waals surface area contributed by atoms with Gasteiger partial charge in [-0.15, -0.1) is 0 Å². The van der Waals surface area contributed by atoms with Gasteiger partial charge in [0, 0.05) is 0 Å². The molecule has 1 aromatic rings. The standard InChI is InChI=1S/C12H14O3/c1-2-4-9(5-3-1)6-15-12-10-7-13-11(12)8-14-10/h1-5,10-12H,6-8H2/t10-,11-/m1/s1. The van der Waals surface area contributed by atoms with Crippen LogP contribution in [0.25, 0.3) is 0 Å². The molecular formula is C12H14O3. The van der Waals surface area contributed by atoms with Crippen molar-refractivity contribution in [1.29, 1.82) is 0 Å². The lowest BCUT2D eigenvalue weighted by atomic mass is 10.2. The van der Waals surface area contributed by atoms with E-state index < -0.39 is 0 Å². The van der Waals surface area contributed by atoms with Crippen molar-refractivity contribution in [2.75, 3.05) is 13.2 Å². The van der Waals surface area contributed by atoms with Gasteiger partial charge in [0.15, 0.2) is 0 Å². The summed E-state index contributed by atoms with van der Waals surface area (Å²) in [7, 11) is 0. The number of hydrogen-bond donors (Lipinski definition) is 0. The van der Waals surface area contributed by atoms with Crippen molar-refractivity contribution in [3.8, 4) is 0 Å². The average Bonchev–Trinajstić information content (AvgIpc) is 2.87. The molecule has 15 heavy (non-hydrogen) atoms. The zero-order chi connectivity index (χ0) is 10.1. The Labute approximate surface area is 89.0 Å². The summed E-state index contributed by atoms with van der Waals surface area (Å²) in [5, 5.41) is 0. The van der Waals surface area contributed by atoms with Crippen molar-refractivity contribution in [3.63, 3.8) is 0 Å². The van der Waals surface area contributed by atoms with Gasteiger partial charge in [-0.3, -0.25) is 0 Å². The van der Waals surface area contributed by atoms with E-state index in [0.29, 0.717) is 19.8 Å². The van der Waals surface area contributed by atoms with E-state index >= 15 is 0 Å². The molecule has 2 saturated heterocycles. The maximum absolute atomic E-state index is 5.83. The Morgan fingerprint density at radius 1 is 1.07 bits per heavy atom. The molecule has 80 valence electrons. The third kappa shape index (κ3) is 1.78. The first-order valence-electron chi connectivity index (χ1n) is 5.32. The Morgan fingerprint density at radius 3 is 2.33 bits per heavy atom. The lowest BCUT2D eigenvalue weighted by Gasteiger charge is -2.12. The largest absolute Gasteiger partial charge is 0.370 e. The van der Waals surface area contributed by atoms with Gasteiger partial charge in [-0.25, -0.2) is 0 Å². The van der Waals surface area contributed by atoms with Crippen LogP contribution >= 0.6 is 0 Å². The molecule has 3 rings (SSSR count). The Morgan fingerprint density at radius 2 is 1.73 bits per heavy atom. The Bertz CT molecular complexity index is 305. The minimum atomic E-state index is 0.130. The minimum absolute atomic E-state index is 0.130. The lowest BCUT2D eigenvalue weighted by Crippen LogP contribution is -2.26. The summed E-state index contributed by atoms with van der Waals surface area (Å²) in [6, 6.07) is 10.2. The van der Waals surface area contributed by atoms with Crippen LogP contribution in [-0.4, -0.2) is 31.5 Å².